The van der Waals surface area contributed by atoms with Gasteiger partial charge >= 0.3 is 0 Å². The fourth-order valence-electron chi connectivity index (χ4n) is 5.57. The fraction of sp³-hybridized carbons (Fsp3) is 0. The first-order valence-electron chi connectivity index (χ1n) is 13.7. The van der Waals surface area contributed by atoms with Crippen molar-refractivity contribution < 1.29 is 0 Å². The van der Waals surface area contributed by atoms with Crippen LogP contribution in [0.25, 0.3) is 44.0 Å². The van der Waals surface area contributed by atoms with Crippen molar-refractivity contribution in [1.29, 1.82) is 0 Å². The van der Waals surface area contributed by atoms with E-state index in [0.29, 0.717) is 0 Å². The molecule has 0 radical (unpaired) electrons. The average Bonchev–Trinajstić information content (AvgIpc) is 3.67. The summed E-state index contributed by atoms with van der Waals surface area (Å²) in [6.07, 6.45) is 4.17. The Labute approximate surface area is 237 Å². The summed E-state index contributed by atoms with van der Waals surface area (Å²) in [5, 5.41) is 14.3. The number of aromatic nitrogens is 4. The Morgan fingerprint density at radius 3 is 1.51 bits per heavy atom. The number of rotatable bonds is 5. The Kier molecular flexibility index (Phi) is 5.38. The molecular weight excluding hydrogens is 502 g/mol. The number of hydrogen-bond donors (Lipinski definition) is 0. The normalized spacial score (nSPS) is 11.4. The van der Waals surface area contributed by atoms with E-state index in [4.69, 9.17) is 10.2 Å². The van der Waals surface area contributed by atoms with Crippen LogP contribution in [0, 0.1) is 0 Å². The number of fused-ring (bicyclic) bond motifs is 3. The van der Waals surface area contributed by atoms with Gasteiger partial charge in [-0.2, -0.15) is 10.2 Å². The van der Waals surface area contributed by atoms with E-state index in [9.17, 15) is 0 Å². The minimum atomic E-state index is 0.975. The molecule has 0 aliphatic heterocycles. The molecule has 41 heavy (non-hydrogen) atoms. The van der Waals surface area contributed by atoms with E-state index in [1.807, 2.05) is 45.8 Å². The largest absolute Gasteiger partial charge is 0.310 e. The van der Waals surface area contributed by atoms with Crippen molar-refractivity contribution in [2.24, 2.45) is 0 Å². The lowest BCUT2D eigenvalue weighted by molar-refractivity contribution is 0.894. The maximum atomic E-state index is 4.84. The number of hydrogen-bond acceptors (Lipinski definition) is 3. The van der Waals surface area contributed by atoms with Crippen LogP contribution < -0.4 is 4.90 Å². The Hall–Kier alpha value is -5.68. The third kappa shape index (κ3) is 4.12. The van der Waals surface area contributed by atoms with Crippen molar-refractivity contribution in [3.8, 4) is 11.4 Å². The fourth-order valence-corrected chi connectivity index (χ4v) is 5.57. The van der Waals surface area contributed by atoms with Gasteiger partial charge in [-0.15, -0.1) is 0 Å². The molecule has 5 nitrogen and oxygen atoms in total. The molecule has 5 heteroatoms. The van der Waals surface area contributed by atoms with Gasteiger partial charge in [-0.25, -0.2) is 9.36 Å². The minimum absolute atomic E-state index is 0.975. The smallest absolute Gasteiger partial charge is 0.0927 e. The molecule has 2 aromatic heterocycles. The maximum absolute atomic E-state index is 4.84. The van der Waals surface area contributed by atoms with E-state index in [0.717, 1.165) is 50.2 Å². The van der Waals surface area contributed by atoms with Gasteiger partial charge in [0.25, 0.3) is 0 Å². The third-order valence-corrected chi connectivity index (χ3v) is 7.54. The van der Waals surface area contributed by atoms with E-state index < -0.39 is 0 Å². The van der Waals surface area contributed by atoms with E-state index in [-0.39, 0.29) is 0 Å². The van der Waals surface area contributed by atoms with Crippen molar-refractivity contribution in [2.45, 2.75) is 0 Å². The topological polar surface area (TPSA) is 38.9 Å². The second kappa shape index (κ2) is 9.50. The quantitative estimate of drug-likeness (QED) is 0.224. The number of benzene rings is 6. The average molecular weight is 528 g/mol. The molecule has 0 bridgehead atoms. The van der Waals surface area contributed by atoms with Crippen LogP contribution in [0.3, 0.4) is 0 Å². The molecule has 0 spiro atoms. The second-order valence-electron chi connectivity index (χ2n) is 10.1. The van der Waals surface area contributed by atoms with Gasteiger partial charge in [0.1, 0.15) is 0 Å². The highest BCUT2D eigenvalue weighted by Gasteiger charge is 2.17. The highest BCUT2D eigenvalue weighted by Crippen LogP contribution is 2.40. The molecule has 0 atom stereocenters. The van der Waals surface area contributed by atoms with Gasteiger partial charge in [0.2, 0.25) is 0 Å². The molecule has 0 N–H and O–H groups in total. The zero-order chi connectivity index (χ0) is 27.2. The summed E-state index contributed by atoms with van der Waals surface area (Å²) in [5.74, 6) is 0. The predicted molar refractivity (Wildman–Crippen MR) is 168 cm³/mol. The van der Waals surface area contributed by atoms with E-state index in [1.54, 1.807) is 0 Å². The van der Waals surface area contributed by atoms with Gasteiger partial charge in [0.05, 0.1) is 28.1 Å². The summed E-state index contributed by atoms with van der Waals surface area (Å²) in [6, 6.07) is 48.5. The van der Waals surface area contributed by atoms with Crippen molar-refractivity contribution in [3.05, 3.63) is 152 Å². The second-order valence-corrected chi connectivity index (χ2v) is 10.1. The Morgan fingerprint density at radius 1 is 0.439 bits per heavy atom. The summed E-state index contributed by atoms with van der Waals surface area (Å²) in [4.78, 5) is 2.32. The van der Waals surface area contributed by atoms with Gasteiger partial charge in [0.15, 0.2) is 0 Å². The van der Waals surface area contributed by atoms with Crippen LogP contribution in [0.5, 0.6) is 0 Å². The minimum Gasteiger partial charge on any atom is -0.310 e. The van der Waals surface area contributed by atoms with Gasteiger partial charge in [-0.05, 0) is 60.0 Å². The lowest BCUT2D eigenvalue weighted by Gasteiger charge is -2.27. The molecule has 6 aromatic carbocycles. The number of anilines is 3. The summed E-state index contributed by atoms with van der Waals surface area (Å²) < 4.78 is 3.92. The van der Waals surface area contributed by atoms with E-state index >= 15 is 0 Å². The van der Waals surface area contributed by atoms with Crippen molar-refractivity contribution in [2.75, 3.05) is 4.90 Å². The summed E-state index contributed by atoms with van der Waals surface area (Å²) in [7, 11) is 0. The number of nitrogens with zero attached hydrogens (tertiary/aromatic N) is 5. The summed E-state index contributed by atoms with van der Waals surface area (Å²) in [6.45, 7) is 0. The van der Waals surface area contributed by atoms with E-state index in [1.165, 1.54) is 10.8 Å². The molecule has 0 amide bonds. The first kappa shape index (κ1) is 23.2. The van der Waals surface area contributed by atoms with Crippen LogP contribution in [0.1, 0.15) is 0 Å². The zero-order valence-corrected chi connectivity index (χ0v) is 22.2. The monoisotopic (exact) mass is 527 g/mol. The van der Waals surface area contributed by atoms with Crippen LogP contribution >= 0.6 is 0 Å². The highest BCUT2D eigenvalue weighted by molar-refractivity contribution is 5.99. The Morgan fingerprint density at radius 2 is 0.927 bits per heavy atom. The third-order valence-electron chi connectivity index (χ3n) is 7.54. The van der Waals surface area contributed by atoms with Gasteiger partial charge in [0, 0.05) is 39.9 Å². The van der Waals surface area contributed by atoms with Crippen LogP contribution in [-0.2, 0) is 0 Å². The molecule has 8 rings (SSSR count). The molecule has 0 saturated heterocycles. The molecular formula is C36H25N5. The first-order valence-corrected chi connectivity index (χ1v) is 13.7. The molecule has 194 valence electrons. The van der Waals surface area contributed by atoms with Crippen molar-refractivity contribution in [3.63, 3.8) is 0 Å². The molecule has 0 aliphatic carbocycles. The molecule has 0 aliphatic rings. The predicted octanol–water partition coefficient (Wildman–Crippen LogP) is 8.99. The molecule has 2 heterocycles. The first-order chi connectivity index (χ1) is 20.3. The summed E-state index contributed by atoms with van der Waals surface area (Å²) in [5.41, 5.74) is 7.14. The molecule has 0 fully saturated rings. The zero-order valence-electron chi connectivity index (χ0n) is 22.2. The van der Waals surface area contributed by atoms with Crippen molar-refractivity contribution in [1.82, 2.24) is 19.6 Å². The van der Waals surface area contributed by atoms with Crippen LogP contribution in [-0.4, -0.2) is 19.6 Å². The summed E-state index contributed by atoms with van der Waals surface area (Å²) >= 11 is 0. The van der Waals surface area contributed by atoms with Gasteiger partial charge < -0.3 is 4.90 Å². The maximum Gasteiger partial charge on any atom is 0.0927 e. The van der Waals surface area contributed by atoms with Crippen molar-refractivity contribution >= 4 is 49.6 Å². The van der Waals surface area contributed by atoms with Crippen LogP contribution in [0.4, 0.5) is 17.1 Å². The molecule has 0 unspecified atom stereocenters. The van der Waals surface area contributed by atoms with Crippen LogP contribution in [0.15, 0.2) is 152 Å². The SMILES string of the molecule is c1cc(N(c2cccc(-n3cc4ccccc4n3)c2)c2cccc3ccccc23)cc(-n2cc3ccccc3n2)c1. The Balaban J connectivity index is 1.31. The lowest BCUT2D eigenvalue weighted by Crippen LogP contribution is -2.11. The van der Waals surface area contributed by atoms with Crippen LogP contribution in [0.2, 0.25) is 0 Å². The Bertz CT molecular complexity index is 2000. The molecule has 0 saturated carbocycles. The van der Waals surface area contributed by atoms with Gasteiger partial charge in [-0.1, -0.05) is 84.9 Å². The lowest BCUT2D eigenvalue weighted by atomic mass is 10.1. The standard InChI is InChI=1S/C36H25N5/c1-4-18-33-26(10-1)13-7-21-36(33)41(31-16-8-14-29(22-31)39-24-27-11-2-5-19-34(27)37-39)32-17-9-15-30(23-32)40-25-28-12-3-6-20-35(28)38-40/h1-25H. The molecule has 8 aromatic rings. The van der Waals surface area contributed by atoms with E-state index in [2.05, 4.69) is 120 Å². The highest BCUT2D eigenvalue weighted by atomic mass is 15.3. The van der Waals surface area contributed by atoms with Gasteiger partial charge in [-0.3, -0.25) is 0 Å².